The van der Waals surface area contributed by atoms with Crippen LogP contribution < -0.4 is 9.62 Å². The minimum absolute atomic E-state index is 0.0153. The number of rotatable bonds is 13. The van der Waals surface area contributed by atoms with Crippen LogP contribution >= 0.6 is 0 Å². The zero-order chi connectivity index (χ0) is 26.9. The van der Waals surface area contributed by atoms with Crippen LogP contribution in [0.1, 0.15) is 63.1 Å². The van der Waals surface area contributed by atoms with Crippen molar-refractivity contribution in [2.75, 3.05) is 17.1 Å². The lowest BCUT2D eigenvalue weighted by Gasteiger charge is -2.32. The fraction of sp³-hybridized carbons (Fsp3) is 0.500. The number of nitrogens with one attached hydrogen (secondary N) is 1. The van der Waals surface area contributed by atoms with Gasteiger partial charge in [0.2, 0.25) is 21.8 Å². The van der Waals surface area contributed by atoms with Gasteiger partial charge < -0.3 is 10.2 Å². The highest BCUT2D eigenvalue weighted by molar-refractivity contribution is 7.92. The normalized spacial score (nSPS) is 13.1. The molecule has 0 radical (unpaired) electrons. The van der Waals surface area contributed by atoms with Gasteiger partial charge in [-0.3, -0.25) is 13.9 Å². The molecule has 2 rings (SSSR count). The Morgan fingerprint density at radius 2 is 1.64 bits per heavy atom. The first-order valence-corrected chi connectivity index (χ1v) is 14.5. The smallest absolute Gasteiger partial charge is 0.243 e. The Morgan fingerprint density at radius 3 is 2.19 bits per heavy atom. The summed E-state index contributed by atoms with van der Waals surface area (Å²) in [4.78, 5) is 28.1. The van der Waals surface area contributed by atoms with E-state index >= 15 is 0 Å². The third kappa shape index (κ3) is 8.36. The fourth-order valence-corrected chi connectivity index (χ4v) is 4.98. The maximum absolute atomic E-state index is 13.5. The van der Waals surface area contributed by atoms with Gasteiger partial charge in [0, 0.05) is 25.6 Å². The van der Waals surface area contributed by atoms with Crippen molar-refractivity contribution >= 4 is 27.5 Å². The molecule has 0 saturated heterocycles. The number of hydrogen-bond donors (Lipinski definition) is 1. The summed E-state index contributed by atoms with van der Waals surface area (Å²) in [6, 6.07) is 14.6. The van der Waals surface area contributed by atoms with Gasteiger partial charge in [0.15, 0.2) is 0 Å². The average molecular weight is 516 g/mol. The van der Waals surface area contributed by atoms with Gasteiger partial charge in [-0.2, -0.15) is 0 Å². The average Bonchev–Trinajstić information content (AvgIpc) is 2.83. The fourth-order valence-electron chi connectivity index (χ4n) is 4.03. The van der Waals surface area contributed by atoms with Gasteiger partial charge in [0.05, 0.1) is 11.9 Å². The Balaban J connectivity index is 2.21. The van der Waals surface area contributed by atoms with E-state index in [4.69, 9.17) is 0 Å². The zero-order valence-corrected chi connectivity index (χ0v) is 23.3. The standard InChI is InChI=1S/C28H41N3O4S/c1-7-23(5)29-28(33)26(8-2)30(20-24-13-10-9-11-14-24)27(32)15-12-18-31(36(6,34)35)25-17-16-21(3)22(4)19-25/h9-11,13-14,16-17,19,23,26H,7-8,12,15,18,20H2,1-6H3,(H,29,33)/t23-,26-/m0/s1. The highest BCUT2D eigenvalue weighted by atomic mass is 32.2. The number of amides is 2. The molecule has 0 spiro atoms. The van der Waals surface area contributed by atoms with Crippen LogP contribution in [0.5, 0.6) is 0 Å². The van der Waals surface area contributed by atoms with Crippen LogP contribution in [0.3, 0.4) is 0 Å². The summed E-state index contributed by atoms with van der Waals surface area (Å²) in [5.41, 5.74) is 3.62. The molecule has 0 aliphatic rings. The van der Waals surface area contributed by atoms with Crippen molar-refractivity contribution in [3.8, 4) is 0 Å². The van der Waals surface area contributed by atoms with Gasteiger partial charge in [-0.05, 0) is 68.9 Å². The van der Waals surface area contributed by atoms with Crippen LogP contribution in [-0.4, -0.2) is 50.0 Å². The van der Waals surface area contributed by atoms with Crippen molar-refractivity contribution in [2.24, 2.45) is 0 Å². The molecule has 36 heavy (non-hydrogen) atoms. The first-order valence-electron chi connectivity index (χ1n) is 12.7. The predicted octanol–water partition coefficient (Wildman–Crippen LogP) is 4.57. The second kappa shape index (κ2) is 13.4. The first-order chi connectivity index (χ1) is 17.0. The number of nitrogens with zero attached hydrogens (tertiary/aromatic N) is 2. The molecule has 198 valence electrons. The summed E-state index contributed by atoms with van der Waals surface area (Å²) >= 11 is 0. The van der Waals surface area contributed by atoms with E-state index in [0.717, 1.165) is 23.1 Å². The van der Waals surface area contributed by atoms with Crippen LogP contribution in [0.2, 0.25) is 0 Å². The van der Waals surface area contributed by atoms with Gasteiger partial charge in [-0.1, -0.05) is 50.2 Å². The Kier molecular flexibility index (Phi) is 11.0. The van der Waals surface area contributed by atoms with Crippen molar-refractivity contribution in [3.05, 3.63) is 65.2 Å². The van der Waals surface area contributed by atoms with Crippen LogP contribution in [0.15, 0.2) is 48.5 Å². The second-order valence-corrected chi connectivity index (χ2v) is 11.4. The van der Waals surface area contributed by atoms with Crippen LogP contribution in [0, 0.1) is 13.8 Å². The van der Waals surface area contributed by atoms with E-state index in [0.29, 0.717) is 25.1 Å². The number of carbonyl (C=O) groups excluding carboxylic acids is 2. The van der Waals surface area contributed by atoms with E-state index in [9.17, 15) is 18.0 Å². The Morgan fingerprint density at radius 1 is 0.972 bits per heavy atom. The summed E-state index contributed by atoms with van der Waals surface area (Å²) in [5.74, 6) is -0.331. The van der Waals surface area contributed by atoms with Gasteiger partial charge in [-0.25, -0.2) is 8.42 Å². The molecular formula is C28H41N3O4S. The molecule has 7 nitrogen and oxygen atoms in total. The highest BCUT2D eigenvalue weighted by Gasteiger charge is 2.29. The molecule has 0 heterocycles. The molecule has 0 aromatic heterocycles. The van der Waals surface area contributed by atoms with Crippen molar-refractivity contribution in [1.29, 1.82) is 0 Å². The molecule has 0 aliphatic carbocycles. The maximum atomic E-state index is 13.5. The molecule has 2 atom stereocenters. The molecule has 0 unspecified atom stereocenters. The summed E-state index contributed by atoms with van der Waals surface area (Å²) in [5, 5.41) is 3.01. The molecule has 0 fully saturated rings. The summed E-state index contributed by atoms with van der Waals surface area (Å²) in [7, 11) is -3.52. The van der Waals surface area contributed by atoms with E-state index in [1.54, 1.807) is 11.0 Å². The first kappa shape index (κ1) is 29.4. The third-order valence-electron chi connectivity index (χ3n) is 6.51. The predicted molar refractivity (Wildman–Crippen MR) is 146 cm³/mol. The van der Waals surface area contributed by atoms with E-state index in [1.807, 2.05) is 77.1 Å². The largest absolute Gasteiger partial charge is 0.352 e. The molecule has 0 aliphatic heterocycles. The molecule has 2 amide bonds. The van der Waals surface area contributed by atoms with Gasteiger partial charge in [-0.15, -0.1) is 0 Å². The highest BCUT2D eigenvalue weighted by Crippen LogP contribution is 2.22. The lowest BCUT2D eigenvalue weighted by molar-refractivity contribution is -0.141. The molecule has 0 bridgehead atoms. The molecule has 2 aromatic rings. The summed E-state index contributed by atoms with van der Waals surface area (Å²) in [6.07, 6.45) is 2.94. The number of carbonyl (C=O) groups is 2. The van der Waals surface area contributed by atoms with Crippen LogP contribution in [-0.2, 0) is 26.2 Å². The monoisotopic (exact) mass is 515 g/mol. The van der Waals surface area contributed by atoms with E-state index in [2.05, 4.69) is 5.32 Å². The number of benzene rings is 2. The second-order valence-electron chi connectivity index (χ2n) is 9.46. The van der Waals surface area contributed by atoms with E-state index < -0.39 is 16.1 Å². The maximum Gasteiger partial charge on any atom is 0.243 e. The quantitative estimate of drug-likeness (QED) is 0.423. The zero-order valence-electron chi connectivity index (χ0n) is 22.5. The number of aryl methyl sites for hydroxylation is 2. The number of hydrogen-bond acceptors (Lipinski definition) is 4. The van der Waals surface area contributed by atoms with Crippen molar-refractivity contribution in [1.82, 2.24) is 10.2 Å². The molecule has 8 heteroatoms. The SMILES string of the molecule is CC[C@H](C)NC(=O)[C@H](CC)N(Cc1ccccc1)C(=O)CCCN(c1ccc(C)c(C)c1)S(C)(=O)=O. The molecule has 1 N–H and O–H groups in total. The summed E-state index contributed by atoms with van der Waals surface area (Å²) < 4.78 is 26.4. The molecule has 2 aromatic carbocycles. The number of sulfonamides is 1. The minimum atomic E-state index is -3.52. The Hall–Kier alpha value is -2.87. The third-order valence-corrected chi connectivity index (χ3v) is 7.71. The lowest BCUT2D eigenvalue weighted by atomic mass is 10.1. The van der Waals surface area contributed by atoms with Gasteiger partial charge in [0.25, 0.3) is 0 Å². The number of anilines is 1. The van der Waals surface area contributed by atoms with Crippen LogP contribution in [0.4, 0.5) is 5.69 Å². The van der Waals surface area contributed by atoms with Crippen molar-refractivity contribution < 1.29 is 18.0 Å². The molecule has 0 saturated carbocycles. The lowest BCUT2D eigenvalue weighted by Crippen LogP contribution is -2.50. The van der Waals surface area contributed by atoms with Crippen molar-refractivity contribution in [2.45, 2.75) is 78.9 Å². The minimum Gasteiger partial charge on any atom is -0.352 e. The topological polar surface area (TPSA) is 86.8 Å². The van der Waals surface area contributed by atoms with Crippen molar-refractivity contribution in [3.63, 3.8) is 0 Å². The van der Waals surface area contributed by atoms with E-state index in [1.165, 1.54) is 10.6 Å². The van der Waals surface area contributed by atoms with Gasteiger partial charge >= 0.3 is 0 Å². The Bertz CT molecular complexity index is 1120. The van der Waals surface area contributed by atoms with Gasteiger partial charge in [0.1, 0.15) is 6.04 Å². The van der Waals surface area contributed by atoms with E-state index in [-0.39, 0.29) is 30.8 Å². The Labute approximate surface area is 216 Å². The summed E-state index contributed by atoms with van der Waals surface area (Å²) in [6.45, 7) is 10.3. The molecular weight excluding hydrogens is 474 g/mol. The van der Waals surface area contributed by atoms with Crippen LogP contribution in [0.25, 0.3) is 0 Å².